The first-order chi connectivity index (χ1) is 12.5. The molecular weight excluding hydrogens is 330 g/mol. The third kappa shape index (κ3) is 3.11. The Morgan fingerprint density at radius 2 is 1.73 bits per heavy atom. The molecule has 4 rings (SSSR count). The van der Waals surface area contributed by atoms with Gasteiger partial charge in [-0.25, -0.2) is 9.59 Å². The number of urea groups is 2. The van der Waals surface area contributed by atoms with Crippen LogP contribution in [0.15, 0.2) is 24.3 Å². The Morgan fingerprint density at radius 1 is 1.00 bits per heavy atom. The van der Waals surface area contributed by atoms with E-state index >= 15 is 0 Å². The van der Waals surface area contributed by atoms with Crippen LogP contribution in [0.25, 0.3) is 0 Å². The molecule has 140 valence electrons. The van der Waals surface area contributed by atoms with E-state index in [1.54, 1.807) is 9.80 Å². The zero-order valence-electron chi connectivity index (χ0n) is 15.5. The SMILES string of the molecule is CN1CCN(c2ccc(NC(=O)N3CC[C@@H]4CC[C@H](C3)N4C)cc2)C1=O. The molecule has 3 saturated heterocycles. The van der Waals surface area contributed by atoms with Crippen LogP contribution in [0.3, 0.4) is 0 Å². The first-order valence-corrected chi connectivity index (χ1v) is 9.43. The predicted octanol–water partition coefficient (Wildman–Crippen LogP) is 2.26. The number of hydrogen-bond donors (Lipinski definition) is 1. The summed E-state index contributed by atoms with van der Waals surface area (Å²) < 4.78 is 0. The Labute approximate surface area is 154 Å². The molecule has 2 bridgehead atoms. The van der Waals surface area contributed by atoms with Gasteiger partial charge >= 0.3 is 12.1 Å². The van der Waals surface area contributed by atoms with Crippen LogP contribution in [-0.2, 0) is 0 Å². The van der Waals surface area contributed by atoms with Crippen LogP contribution < -0.4 is 10.2 Å². The molecule has 1 N–H and O–H groups in total. The summed E-state index contributed by atoms with van der Waals surface area (Å²) in [6, 6.07) is 8.61. The molecule has 0 aromatic heterocycles. The zero-order valence-corrected chi connectivity index (χ0v) is 15.5. The van der Waals surface area contributed by atoms with Crippen molar-refractivity contribution in [3.63, 3.8) is 0 Å². The number of carbonyl (C=O) groups excluding carboxylic acids is 2. The molecule has 3 aliphatic heterocycles. The van der Waals surface area contributed by atoms with Crippen molar-refractivity contribution >= 4 is 23.4 Å². The predicted molar refractivity (Wildman–Crippen MR) is 102 cm³/mol. The highest BCUT2D eigenvalue weighted by Gasteiger charge is 2.36. The molecular formula is C19H27N5O2. The van der Waals surface area contributed by atoms with E-state index in [0.717, 1.165) is 37.4 Å². The van der Waals surface area contributed by atoms with E-state index in [1.807, 2.05) is 36.2 Å². The Bertz CT molecular complexity index is 692. The number of likely N-dealkylation sites (N-methyl/N-ethyl adjacent to an activating group) is 2. The highest BCUT2D eigenvalue weighted by molar-refractivity contribution is 5.94. The van der Waals surface area contributed by atoms with Gasteiger partial charge in [0.2, 0.25) is 0 Å². The van der Waals surface area contributed by atoms with Crippen LogP contribution >= 0.6 is 0 Å². The number of rotatable bonds is 2. The van der Waals surface area contributed by atoms with Crippen LogP contribution in [0.1, 0.15) is 19.3 Å². The number of hydrogen-bond acceptors (Lipinski definition) is 3. The van der Waals surface area contributed by atoms with Crippen molar-refractivity contribution in [2.45, 2.75) is 31.3 Å². The first kappa shape index (κ1) is 17.1. The minimum atomic E-state index is -0.0318. The Hall–Kier alpha value is -2.28. The Morgan fingerprint density at radius 3 is 2.42 bits per heavy atom. The highest BCUT2D eigenvalue weighted by atomic mass is 16.2. The molecule has 0 radical (unpaired) electrons. The van der Waals surface area contributed by atoms with Gasteiger partial charge in [-0.15, -0.1) is 0 Å². The third-order valence-electron chi connectivity index (χ3n) is 6.08. The van der Waals surface area contributed by atoms with Crippen LogP contribution in [0.4, 0.5) is 21.0 Å². The lowest BCUT2D eigenvalue weighted by Gasteiger charge is -2.26. The fourth-order valence-corrected chi connectivity index (χ4v) is 4.31. The molecule has 3 fully saturated rings. The number of amides is 4. The second-order valence-corrected chi connectivity index (χ2v) is 7.62. The number of benzene rings is 1. The van der Waals surface area contributed by atoms with Crippen molar-refractivity contribution in [3.05, 3.63) is 24.3 Å². The van der Waals surface area contributed by atoms with Gasteiger partial charge in [-0.05, 0) is 50.6 Å². The maximum absolute atomic E-state index is 12.7. The number of likely N-dealkylation sites (tertiary alicyclic amines) is 1. The second kappa shape index (κ2) is 6.79. The average molecular weight is 357 g/mol. The molecule has 1 aromatic rings. The standard InChI is InChI=1S/C19H27N5O2/c1-21-11-12-24(19(21)26)16-5-3-14(4-6-16)20-18(25)23-10-9-15-7-8-17(13-23)22(15)2/h3-6,15,17H,7-13H2,1-2H3,(H,20,25)/t15-,17+/m0/s1. The summed E-state index contributed by atoms with van der Waals surface area (Å²) in [6.07, 6.45) is 3.48. The average Bonchev–Trinajstić information content (AvgIpc) is 3.07. The molecule has 7 nitrogen and oxygen atoms in total. The molecule has 2 atom stereocenters. The van der Waals surface area contributed by atoms with Crippen molar-refractivity contribution in [2.24, 2.45) is 0 Å². The topological polar surface area (TPSA) is 59.1 Å². The van der Waals surface area contributed by atoms with E-state index in [4.69, 9.17) is 0 Å². The molecule has 26 heavy (non-hydrogen) atoms. The number of carbonyl (C=O) groups is 2. The fourth-order valence-electron chi connectivity index (χ4n) is 4.31. The molecule has 7 heteroatoms. The monoisotopic (exact) mass is 357 g/mol. The Balaban J connectivity index is 1.38. The van der Waals surface area contributed by atoms with E-state index in [0.29, 0.717) is 18.6 Å². The molecule has 0 spiro atoms. The normalized spacial score (nSPS) is 26.4. The van der Waals surface area contributed by atoms with Crippen LogP contribution in [0.5, 0.6) is 0 Å². The Kier molecular flexibility index (Phi) is 4.48. The van der Waals surface area contributed by atoms with Gasteiger partial charge in [-0.1, -0.05) is 0 Å². The summed E-state index contributed by atoms with van der Waals surface area (Å²) in [5.41, 5.74) is 1.63. The maximum atomic E-state index is 12.7. The summed E-state index contributed by atoms with van der Waals surface area (Å²) in [7, 11) is 3.99. The molecule has 3 heterocycles. The molecule has 4 amide bonds. The molecule has 3 aliphatic rings. The summed E-state index contributed by atoms with van der Waals surface area (Å²) in [5.74, 6) is 0. The number of anilines is 2. The van der Waals surface area contributed by atoms with Crippen LogP contribution in [0.2, 0.25) is 0 Å². The second-order valence-electron chi connectivity index (χ2n) is 7.62. The summed E-state index contributed by atoms with van der Waals surface area (Å²) >= 11 is 0. The van der Waals surface area contributed by atoms with E-state index in [1.165, 1.54) is 12.8 Å². The first-order valence-electron chi connectivity index (χ1n) is 9.43. The van der Waals surface area contributed by atoms with Crippen molar-refractivity contribution < 1.29 is 9.59 Å². The number of nitrogens with zero attached hydrogens (tertiary/aromatic N) is 4. The van der Waals surface area contributed by atoms with E-state index in [9.17, 15) is 9.59 Å². The molecule has 0 aliphatic carbocycles. The van der Waals surface area contributed by atoms with Crippen molar-refractivity contribution in [1.82, 2.24) is 14.7 Å². The van der Waals surface area contributed by atoms with Crippen molar-refractivity contribution in [2.75, 3.05) is 50.5 Å². The zero-order chi connectivity index (χ0) is 18.3. The van der Waals surface area contributed by atoms with Crippen molar-refractivity contribution in [1.29, 1.82) is 0 Å². The minimum Gasteiger partial charge on any atom is -0.326 e. The van der Waals surface area contributed by atoms with Crippen LogP contribution in [-0.4, -0.2) is 79.1 Å². The largest absolute Gasteiger partial charge is 0.326 e. The van der Waals surface area contributed by atoms with Gasteiger partial charge in [-0.2, -0.15) is 0 Å². The third-order valence-corrected chi connectivity index (χ3v) is 6.08. The van der Waals surface area contributed by atoms with E-state index < -0.39 is 0 Å². The van der Waals surface area contributed by atoms with Gasteiger partial charge in [-0.3, -0.25) is 9.80 Å². The lowest BCUT2D eigenvalue weighted by Crippen LogP contribution is -2.41. The van der Waals surface area contributed by atoms with Gasteiger partial charge in [0, 0.05) is 56.7 Å². The van der Waals surface area contributed by atoms with Gasteiger partial charge in [0.15, 0.2) is 0 Å². The van der Waals surface area contributed by atoms with E-state index in [-0.39, 0.29) is 12.1 Å². The van der Waals surface area contributed by atoms with Gasteiger partial charge < -0.3 is 15.1 Å². The number of nitrogens with one attached hydrogen (secondary N) is 1. The summed E-state index contributed by atoms with van der Waals surface area (Å²) in [5, 5.41) is 3.01. The summed E-state index contributed by atoms with van der Waals surface area (Å²) in [6.45, 7) is 3.04. The highest BCUT2D eigenvalue weighted by Crippen LogP contribution is 2.29. The van der Waals surface area contributed by atoms with Crippen LogP contribution in [0, 0.1) is 0 Å². The lowest BCUT2D eigenvalue weighted by molar-refractivity contribution is 0.200. The van der Waals surface area contributed by atoms with Gasteiger partial charge in [0.05, 0.1) is 0 Å². The molecule has 1 aromatic carbocycles. The molecule has 0 saturated carbocycles. The maximum Gasteiger partial charge on any atom is 0.324 e. The quantitative estimate of drug-likeness (QED) is 0.883. The van der Waals surface area contributed by atoms with Crippen molar-refractivity contribution in [3.8, 4) is 0 Å². The molecule has 0 unspecified atom stereocenters. The van der Waals surface area contributed by atoms with Gasteiger partial charge in [0.25, 0.3) is 0 Å². The smallest absolute Gasteiger partial charge is 0.324 e. The van der Waals surface area contributed by atoms with Gasteiger partial charge in [0.1, 0.15) is 0 Å². The minimum absolute atomic E-state index is 0.0190. The lowest BCUT2D eigenvalue weighted by atomic mass is 10.1. The number of fused-ring (bicyclic) bond motifs is 2. The van der Waals surface area contributed by atoms with E-state index in [2.05, 4.69) is 17.3 Å². The fraction of sp³-hybridized carbons (Fsp3) is 0.579. The summed E-state index contributed by atoms with van der Waals surface area (Å²) in [4.78, 5) is 32.6.